The number of ether oxygens (including phenoxy) is 1. The number of amides is 4. The molecule has 2 aromatic rings. The molecule has 4 amide bonds. The number of urea groups is 1. The number of hydrogen-bond donors (Lipinski definition) is 2. The number of likely N-dealkylation sites (tertiary alicyclic amines) is 1. The highest BCUT2D eigenvalue weighted by molar-refractivity contribution is 9.10. The van der Waals surface area contributed by atoms with Gasteiger partial charge in [-0.3, -0.25) is 9.59 Å². The summed E-state index contributed by atoms with van der Waals surface area (Å²) in [5.41, 5.74) is 0.843. The van der Waals surface area contributed by atoms with Crippen LogP contribution in [-0.2, 0) is 14.3 Å². The first-order chi connectivity index (χ1) is 17.4. The Labute approximate surface area is 219 Å². The van der Waals surface area contributed by atoms with E-state index in [9.17, 15) is 14.4 Å². The minimum Gasteiger partial charge on any atom is -0.385 e. The van der Waals surface area contributed by atoms with Crippen LogP contribution in [0.25, 0.3) is 0 Å². The Kier molecular flexibility index (Phi) is 8.48. The first kappa shape index (κ1) is 26.0. The summed E-state index contributed by atoms with van der Waals surface area (Å²) < 4.78 is 5.83. The van der Waals surface area contributed by atoms with Crippen molar-refractivity contribution in [3.63, 3.8) is 0 Å². The van der Waals surface area contributed by atoms with Crippen molar-refractivity contribution in [2.24, 2.45) is 0 Å². The van der Waals surface area contributed by atoms with Crippen molar-refractivity contribution in [3.05, 3.63) is 59.1 Å². The molecule has 2 aromatic carbocycles. The summed E-state index contributed by atoms with van der Waals surface area (Å²) >= 11 is 3.46. The van der Waals surface area contributed by atoms with Crippen molar-refractivity contribution >= 4 is 45.2 Å². The average Bonchev–Trinajstić information content (AvgIpc) is 3.15. The van der Waals surface area contributed by atoms with Gasteiger partial charge in [0.15, 0.2) is 0 Å². The fraction of sp³-hybridized carbons (Fsp3) is 0.423. The van der Waals surface area contributed by atoms with Gasteiger partial charge in [-0.15, -0.1) is 0 Å². The van der Waals surface area contributed by atoms with Crippen LogP contribution in [-0.4, -0.2) is 79.7 Å². The number of methoxy groups -OCH3 is 1. The third-order valence-corrected chi connectivity index (χ3v) is 7.45. The number of rotatable bonds is 8. The molecule has 36 heavy (non-hydrogen) atoms. The Morgan fingerprint density at radius 2 is 1.75 bits per heavy atom. The topological polar surface area (TPSA) is 94.2 Å². The Morgan fingerprint density at radius 1 is 1.06 bits per heavy atom. The van der Waals surface area contributed by atoms with Crippen molar-refractivity contribution in [3.8, 4) is 0 Å². The molecule has 0 aromatic heterocycles. The highest BCUT2D eigenvalue weighted by Gasteiger charge is 2.54. The van der Waals surface area contributed by atoms with E-state index in [0.717, 1.165) is 10.2 Å². The number of piperidine rings is 1. The van der Waals surface area contributed by atoms with Gasteiger partial charge in [0.25, 0.3) is 5.91 Å². The van der Waals surface area contributed by atoms with Gasteiger partial charge >= 0.3 is 6.03 Å². The lowest BCUT2D eigenvalue weighted by Gasteiger charge is -2.43. The zero-order chi connectivity index (χ0) is 25.5. The van der Waals surface area contributed by atoms with Crippen LogP contribution in [0.1, 0.15) is 19.3 Å². The molecule has 2 heterocycles. The molecule has 2 fully saturated rings. The summed E-state index contributed by atoms with van der Waals surface area (Å²) in [6.45, 7) is 2.27. The standard InChI is InChI=1S/C26H32BrN5O4/c1-36-17-7-14-28-23(33)18-31-19-32(20-8-3-2-4-9-20)26(24(31)34)12-15-30(16-13-26)25(35)29-22-11-6-5-10-21(22)27/h2-6,8-11H,7,12-19H2,1H3,(H,28,33)(H,29,35). The number of nitrogens with one attached hydrogen (secondary N) is 2. The number of carbonyl (C=O) groups is 3. The summed E-state index contributed by atoms with van der Waals surface area (Å²) in [7, 11) is 1.62. The maximum atomic E-state index is 13.7. The van der Waals surface area contributed by atoms with E-state index in [2.05, 4.69) is 31.5 Å². The van der Waals surface area contributed by atoms with Crippen LogP contribution in [0.15, 0.2) is 59.1 Å². The van der Waals surface area contributed by atoms with Crippen LogP contribution in [0.3, 0.4) is 0 Å². The lowest BCUT2D eigenvalue weighted by molar-refractivity contribution is -0.137. The molecule has 0 unspecified atom stereocenters. The maximum Gasteiger partial charge on any atom is 0.321 e. The van der Waals surface area contributed by atoms with E-state index in [1.807, 2.05) is 54.6 Å². The minimum atomic E-state index is -0.790. The Morgan fingerprint density at radius 3 is 2.44 bits per heavy atom. The zero-order valence-electron chi connectivity index (χ0n) is 20.4. The number of halogens is 1. The SMILES string of the molecule is COCCCNC(=O)CN1CN(c2ccccc2)C2(CCN(C(=O)Nc3ccccc3Br)CC2)C1=O. The molecule has 192 valence electrons. The second-order valence-corrected chi connectivity index (χ2v) is 9.89. The van der Waals surface area contributed by atoms with Gasteiger partial charge in [-0.2, -0.15) is 0 Å². The normalized spacial score (nSPS) is 16.9. The molecule has 0 radical (unpaired) electrons. The van der Waals surface area contributed by atoms with Crippen LogP contribution < -0.4 is 15.5 Å². The smallest absolute Gasteiger partial charge is 0.321 e. The monoisotopic (exact) mass is 557 g/mol. The second-order valence-electron chi connectivity index (χ2n) is 9.03. The number of para-hydroxylation sites is 2. The number of nitrogens with zero attached hydrogens (tertiary/aromatic N) is 3. The van der Waals surface area contributed by atoms with Gasteiger partial charge in [0, 0.05) is 43.5 Å². The molecule has 0 atom stereocenters. The summed E-state index contributed by atoms with van der Waals surface area (Å²) in [5, 5.41) is 5.81. The third kappa shape index (κ3) is 5.65. The van der Waals surface area contributed by atoms with Gasteiger partial charge in [0.2, 0.25) is 5.91 Å². The first-order valence-electron chi connectivity index (χ1n) is 12.1. The molecular weight excluding hydrogens is 526 g/mol. The van der Waals surface area contributed by atoms with Gasteiger partial charge in [-0.25, -0.2) is 4.79 Å². The van der Waals surface area contributed by atoms with Gasteiger partial charge in [0.05, 0.1) is 12.4 Å². The lowest BCUT2D eigenvalue weighted by Crippen LogP contribution is -2.58. The van der Waals surface area contributed by atoms with Crippen molar-refractivity contribution in [2.45, 2.75) is 24.8 Å². The zero-order valence-corrected chi connectivity index (χ0v) is 22.0. The van der Waals surface area contributed by atoms with Crippen LogP contribution >= 0.6 is 15.9 Å². The maximum absolute atomic E-state index is 13.7. The van der Waals surface area contributed by atoms with Crippen molar-refractivity contribution in [1.29, 1.82) is 0 Å². The molecule has 2 N–H and O–H groups in total. The molecule has 2 aliphatic heterocycles. The second kappa shape index (κ2) is 11.7. The molecule has 4 rings (SSSR count). The highest BCUT2D eigenvalue weighted by atomic mass is 79.9. The van der Waals surface area contributed by atoms with E-state index in [1.54, 1.807) is 16.9 Å². The fourth-order valence-electron chi connectivity index (χ4n) is 4.83. The summed E-state index contributed by atoms with van der Waals surface area (Å²) in [5.74, 6) is -0.251. The van der Waals surface area contributed by atoms with Crippen LogP contribution in [0.4, 0.5) is 16.2 Å². The van der Waals surface area contributed by atoms with E-state index in [-0.39, 0.29) is 24.4 Å². The average molecular weight is 558 g/mol. The van der Waals surface area contributed by atoms with Crippen LogP contribution in [0.2, 0.25) is 0 Å². The molecule has 2 saturated heterocycles. The van der Waals surface area contributed by atoms with E-state index < -0.39 is 5.54 Å². The molecule has 9 nitrogen and oxygen atoms in total. The van der Waals surface area contributed by atoms with E-state index in [4.69, 9.17) is 4.74 Å². The molecule has 10 heteroatoms. The predicted molar refractivity (Wildman–Crippen MR) is 142 cm³/mol. The van der Waals surface area contributed by atoms with Gasteiger partial charge in [0.1, 0.15) is 12.1 Å². The molecule has 0 aliphatic carbocycles. The molecule has 2 aliphatic rings. The number of anilines is 2. The fourth-order valence-corrected chi connectivity index (χ4v) is 5.22. The van der Waals surface area contributed by atoms with Crippen LogP contribution in [0, 0.1) is 0 Å². The highest BCUT2D eigenvalue weighted by Crippen LogP contribution is 2.39. The minimum absolute atomic E-state index is 0.00311. The number of hydrogen-bond acceptors (Lipinski definition) is 5. The number of benzene rings is 2. The summed E-state index contributed by atoms with van der Waals surface area (Å²) in [6, 6.07) is 17.1. The van der Waals surface area contributed by atoms with E-state index >= 15 is 0 Å². The summed E-state index contributed by atoms with van der Waals surface area (Å²) in [4.78, 5) is 44.7. The van der Waals surface area contributed by atoms with E-state index in [0.29, 0.717) is 57.9 Å². The number of carbonyl (C=O) groups excluding carboxylic acids is 3. The molecule has 1 spiro atoms. The van der Waals surface area contributed by atoms with E-state index in [1.165, 1.54) is 0 Å². The Balaban J connectivity index is 1.45. The van der Waals surface area contributed by atoms with Gasteiger partial charge in [-0.1, -0.05) is 30.3 Å². The summed E-state index contributed by atoms with van der Waals surface area (Å²) in [6.07, 6.45) is 1.68. The molecule has 0 bridgehead atoms. The Bertz CT molecular complexity index is 1080. The Hall–Kier alpha value is -3.11. The third-order valence-electron chi connectivity index (χ3n) is 6.76. The van der Waals surface area contributed by atoms with Crippen molar-refractivity contribution in [1.82, 2.24) is 15.1 Å². The van der Waals surface area contributed by atoms with Crippen molar-refractivity contribution < 1.29 is 19.1 Å². The van der Waals surface area contributed by atoms with Crippen molar-refractivity contribution in [2.75, 3.05) is 56.8 Å². The first-order valence-corrected chi connectivity index (χ1v) is 12.9. The molecular formula is C26H32BrN5O4. The molecule has 0 saturated carbocycles. The quantitative estimate of drug-likeness (QED) is 0.486. The van der Waals surface area contributed by atoms with Crippen LogP contribution in [0.5, 0.6) is 0 Å². The van der Waals surface area contributed by atoms with Gasteiger partial charge < -0.3 is 30.1 Å². The van der Waals surface area contributed by atoms with Gasteiger partial charge in [-0.05, 0) is 59.5 Å². The predicted octanol–water partition coefficient (Wildman–Crippen LogP) is 3.27. The largest absolute Gasteiger partial charge is 0.385 e. The lowest BCUT2D eigenvalue weighted by atomic mass is 9.85.